The highest BCUT2D eigenvalue weighted by Gasteiger charge is 2.49. The van der Waals surface area contributed by atoms with E-state index in [0.717, 1.165) is 16.8 Å². The molecule has 4 rings (SSSR count). The minimum atomic E-state index is -1.62. The predicted octanol–water partition coefficient (Wildman–Crippen LogP) is 2.96. The smallest absolute Gasteiger partial charge is 0.194 e. The number of benzene rings is 2. The molecule has 0 aliphatic carbocycles. The lowest BCUT2D eigenvalue weighted by atomic mass is 9.94. The molecule has 1 fully saturated rings. The SMILES string of the molecule is Cc1c(F)cccc1[C@H]([SH]1C[C@H](O)[C@H](n2cc(-c3cc(F)c(F)c(F)c3)nn2)[C@@H](O)[C@H]1CO)C(C)(C)O. The summed E-state index contributed by atoms with van der Waals surface area (Å²) in [6, 6.07) is 4.95. The number of halogens is 4. The Bertz CT molecular complexity index is 1260. The Hall–Kier alpha value is -2.51. The van der Waals surface area contributed by atoms with E-state index in [9.17, 15) is 38.0 Å². The largest absolute Gasteiger partial charge is 0.395 e. The average Bonchev–Trinajstić information content (AvgIpc) is 3.29. The molecule has 0 spiro atoms. The van der Waals surface area contributed by atoms with Gasteiger partial charge in [0, 0.05) is 21.8 Å². The lowest BCUT2D eigenvalue weighted by Crippen LogP contribution is -2.52. The first-order valence-electron chi connectivity index (χ1n) is 11.6. The quantitative estimate of drug-likeness (QED) is 0.186. The summed E-state index contributed by atoms with van der Waals surface area (Å²) in [5, 5.41) is 50.1. The Morgan fingerprint density at radius 3 is 2.35 bits per heavy atom. The summed E-state index contributed by atoms with van der Waals surface area (Å²) in [5.41, 5.74) is -0.624. The normalized spacial score (nSPS) is 26.3. The van der Waals surface area contributed by atoms with Crippen molar-refractivity contribution in [1.29, 1.82) is 0 Å². The Balaban J connectivity index is 1.69. The number of rotatable bonds is 6. The highest BCUT2D eigenvalue weighted by atomic mass is 32.2. The molecule has 12 heteroatoms. The number of hydrogen-bond acceptors (Lipinski definition) is 6. The molecule has 0 radical (unpaired) electrons. The fourth-order valence-corrected chi connectivity index (χ4v) is 8.84. The zero-order chi connectivity index (χ0) is 27.2. The van der Waals surface area contributed by atoms with Gasteiger partial charge >= 0.3 is 0 Å². The van der Waals surface area contributed by atoms with E-state index < -0.39 is 75.1 Å². The van der Waals surface area contributed by atoms with E-state index in [-0.39, 0.29) is 17.0 Å². The first-order valence-corrected chi connectivity index (χ1v) is 13.3. The Morgan fingerprint density at radius 1 is 1.11 bits per heavy atom. The van der Waals surface area contributed by atoms with Gasteiger partial charge in [0.25, 0.3) is 0 Å². The fraction of sp³-hybridized carbons (Fsp3) is 0.440. The zero-order valence-electron chi connectivity index (χ0n) is 20.4. The third-order valence-corrected chi connectivity index (χ3v) is 10.5. The van der Waals surface area contributed by atoms with Crippen LogP contribution in [0.2, 0.25) is 0 Å². The van der Waals surface area contributed by atoms with Gasteiger partial charge in [0.15, 0.2) is 17.5 Å². The molecule has 3 aromatic rings. The molecule has 202 valence electrons. The van der Waals surface area contributed by atoms with Gasteiger partial charge in [0.05, 0.1) is 30.6 Å². The van der Waals surface area contributed by atoms with Crippen LogP contribution in [-0.4, -0.2) is 70.8 Å². The van der Waals surface area contributed by atoms with E-state index in [1.54, 1.807) is 26.8 Å². The topological polar surface area (TPSA) is 112 Å². The van der Waals surface area contributed by atoms with E-state index in [1.807, 2.05) is 0 Å². The van der Waals surface area contributed by atoms with Crippen molar-refractivity contribution in [2.45, 2.75) is 55.1 Å². The monoisotopic (exact) mass is 543 g/mol. The van der Waals surface area contributed by atoms with Gasteiger partial charge in [-0.25, -0.2) is 33.1 Å². The molecule has 0 saturated carbocycles. The summed E-state index contributed by atoms with van der Waals surface area (Å²) in [7, 11) is -1.51. The first kappa shape index (κ1) is 27.5. The summed E-state index contributed by atoms with van der Waals surface area (Å²) < 4.78 is 56.3. The third kappa shape index (κ3) is 5.13. The zero-order valence-corrected chi connectivity index (χ0v) is 21.2. The Morgan fingerprint density at radius 2 is 1.76 bits per heavy atom. The predicted molar refractivity (Wildman–Crippen MR) is 131 cm³/mol. The Kier molecular flexibility index (Phi) is 7.69. The fourth-order valence-electron chi connectivity index (χ4n) is 5.10. The van der Waals surface area contributed by atoms with Crippen molar-refractivity contribution in [2.75, 3.05) is 12.4 Å². The van der Waals surface area contributed by atoms with Crippen LogP contribution < -0.4 is 0 Å². The van der Waals surface area contributed by atoms with E-state index in [0.29, 0.717) is 11.1 Å². The number of thiol groups is 1. The van der Waals surface area contributed by atoms with Crippen molar-refractivity contribution >= 4 is 10.9 Å². The van der Waals surface area contributed by atoms with Gasteiger partial charge in [-0.15, -0.1) is 5.10 Å². The summed E-state index contributed by atoms with van der Waals surface area (Å²) in [4.78, 5) is 0. The van der Waals surface area contributed by atoms with Crippen molar-refractivity contribution in [3.8, 4) is 11.3 Å². The molecule has 1 aliphatic heterocycles. The standard InChI is InChI=1S/C25H29F4N3O4S/c1-12-14(5-4-6-15(12)26)24(25(2,3)36)37-11-19(34)22(23(35)20(37)10-33)32-9-18(30-31-32)13-7-16(27)21(29)17(28)8-13/h4-9,19-20,22-24,33-37H,10-11H2,1-3H3/t19-,20+,22-,23-,24-/m0/s1. The van der Waals surface area contributed by atoms with Crippen LogP contribution in [0, 0.1) is 30.2 Å². The molecular weight excluding hydrogens is 514 g/mol. The van der Waals surface area contributed by atoms with Crippen LogP contribution in [0.1, 0.15) is 36.3 Å². The molecule has 2 heterocycles. The van der Waals surface area contributed by atoms with Crippen LogP contribution in [0.25, 0.3) is 11.3 Å². The first-order chi connectivity index (χ1) is 17.3. The number of nitrogens with zero attached hydrogens (tertiary/aromatic N) is 3. The lowest BCUT2D eigenvalue weighted by molar-refractivity contribution is 0.00570. The molecule has 1 saturated heterocycles. The van der Waals surface area contributed by atoms with Gasteiger partial charge in [0.2, 0.25) is 0 Å². The lowest BCUT2D eigenvalue weighted by Gasteiger charge is -2.51. The van der Waals surface area contributed by atoms with Gasteiger partial charge in [-0.3, -0.25) is 0 Å². The van der Waals surface area contributed by atoms with Gasteiger partial charge < -0.3 is 20.4 Å². The molecule has 6 atom stereocenters. The van der Waals surface area contributed by atoms with Gasteiger partial charge in [-0.2, -0.15) is 0 Å². The maximum atomic E-state index is 14.4. The number of aliphatic hydroxyl groups is 4. The Labute approximate surface area is 213 Å². The van der Waals surface area contributed by atoms with E-state index in [1.165, 1.54) is 18.3 Å². The molecule has 0 amide bonds. The molecular formula is C25H29F4N3O4S. The average molecular weight is 544 g/mol. The maximum Gasteiger partial charge on any atom is 0.194 e. The van der Waals surface area contributed by atoms with E-state index in [4.69, 9.17) is 0 Å². The van der Waals surface area contributed by atoms with Crippen molar-refractivity contribution < 1.29 is 38.0 Å². The van der Waals surface area contributed by atoms with E-state index in [2.05, 4.69) is 10.3 Å². The number of hydrogen-bond donors (Lipinski definition) is 5. The summed E-state index contributed by atoms with van der Waals surface area (Å²) in [6.45, 7) is 4.24. The molecule has 1 aromatic heterocycles. The second kappa shape index (κ2) is 10.3. The minimum Gasteiger partial charge on any atom is -0.395 e. The van der Waals surface area contributed by atoms with Crippen LogP contribution in [0.15, 0.2) is 36.5 Å². The van der Waals surface area contributed by atoms with Crippen molar-refractivity contribution in [1.82, 2.24) is 15.0 Å². The minimum absolute atomic E-state index is 0.0182. The van der Waals surface area contributed by atoms with Gasteiger partial charge in [-0.1, -0.05) is 17.3 Å². The van der Waals surface area contributed by atoms with Crippen molar-refractivity contribution in [2.24, 2.45) is 0 Å². The van der Waals surface area contributed by atoms with Crippen molar-refractivity contribution in [3.63, 3.8) is 0 Å². The van der Waals surface area contributed by atoms with Crippen LogP contribution in [0.5, 0.6) is 0 Å². The highest BCUT2D eigenvalue weighted by Crippen LogP contribution is 2.57. The second-order valence-electron chi connectivity index (χ2n) is 9.84. The molecule has 0 bridgehead atoms. The molecule has 7 nitrogen and oxygen atoms in total. The van der Waals surface area contributed by atoms with Crippen LogP contribution in [-0.2, 0) is 0 Å². The van der Waals surface area contributed by atoms with Gasteiger partial charge in [-0.05, 0) is 50.1 Å². The summed E-state index contributed by atoms with van der Waals surface area (Å²) >= 11 is 0. The second-order valence-corrected chi connectivity index (χ2v) is 12.4. The molecule has 4 N–H and O–H groups in total. The number of aromatic nitrogens is 3. The molecule has 2 aromatic carbocycles. The molecule has 37 heavy (non-hydrogen) atoms. The van der Waals surface area contributed by atoms with Gasteiger partial charge in [0.1, 0.15) is 17.6 Å². The van der Waals surface area contributed by atoms with Crippen molar-refractivity contribution in [3.05, 3.63) is 70.9 Å². The molecule has 1 unspecified atom stereocenters. The molecule has 1 aliphatic rings. The van der Waals surface area contributed by atoms with Crippen LogP contribution in [0.3, 0.4) is 0 Å². The number of aliphatic hydroxyl groups excluding tert-OH is 3. The summed E-state index contributed by atoms with van der Waals surface area (Å²) in [6.07, 6.45) is -1.30. The van der Waals surface area contributed by atoms with E-state index >= 15 is 0 Å². The van der Waals surface area contributed by atoms with Crippen LogP contribution >= 0.6 is 10.9 Å². The third-order valence-electron chi connectivity index (χ3n) is 6.85. The van der Waals surface area contributed by atoms with Crippen LogP contribution in [0.4, 0.5) is 17.6 Å². The maximum absolute atomic E-state index is 14.4. The highest BCUT2D eigenvalue weighted by molar-refractivity contribution is 8.18. The summed E-state index contributed by atoms with van der Waals surface area (Å²) in [5.74, 6) is -4.82.